The molecule has 0 N–H and O–H groups in total. The fraction of sp³-hybridized carbons (Fsp3) is 0.286. The largest absolute Gasteiger partial charge is 0.465 e. The van der Waals surface area contributed by atoms with Crippen LogP contribution in [0.4, 0.5) is 17.6 Å². The molecule has 0 fully saturated rings. The monoisotopic (exact) mass is 320 g/mol. The van der Waals surface area contributed by atoms with Crippen molar-refractivity contribution in [1.29, 1.82) is 0 Å². The van der Waals surface area contributed by atoms with E-state index in [0.29, 0.717) is 0 Å². The van der Waals surface area contributed by atoms with E-state index in [4.69, 9.17) is 0 Å². The van der Waals surface area contributed by atoms with Crippen molar-refractivity contribution in [2.75, 3.05) is 7.11 Å². The van der Waals surface area contributed by atoms with Gasteiger partial charge < -0.3 is 9.47 Å². The molecule has 0 aliphatic rings. The van der Waals surface area contributed by atoms with Gasteiger partial charge in [-0.1, -0.05) is 12.1 Å². The second-order valence-corrected chi connectivity index (χ2v) is 4.14. The van der Waals surface area contributed by atoms with Crippen LogP contribution in [0.2, 0.25) is 0 Å². The van der Waals surface area contributed by atoms with Gasteiger partial charge in [-0.25, -0.2) is 4.79 Å². The first-order valence-corrected chi connectivity index (χ1v) is 5.93. The maximum Gasteiger partial charge on any atom is 0.461 e. The van der Waals surface area contributed by atoms with Crippen molar-refractivity contribution < 1.29 is 36.6 Å². The molecule has 22 heavy (non-hydrogen) atoms. The first kappa shape index (κ1) is 17.7. The van der Waals surface area contributed by atoms with E-state index in [-0.39, 0.29) is 11.1 Å². The number of methoxy groups -OCH3 is 1. The number of ether oxygens (including phenoxy) is 2. The Morgan fingerprint density at radius 3 is 2.41 bits per heavy atom. The fourth-order valence-electron chi connectivity index (χ4n) is 1.45. The van der Waals surface area contributed by atoms with Crippen LogP contribution in [0.1, 0.15) is 12.5 Å². The van der Waals surface area contributed by atoms with Crippen molar-refractivity contribution in [3.8, 4) is 5.75 Å². The first-order chi connectivity index (χ1) is 10.2. The number of hydrogen-bond acceptors (Lipinski definition) is 4. The number of Topliss-reactive ketones (excluding diaryl/α,β-unsaturated/α-hetero) is 1. The highest BCUT2D eigenvalue weighted by molar-refractivity contribution is 6.19. The molecule has 120 valence electrons. The molecule has 0 aliphatic carbocycles. The van der Waals surface area contributed by atoms with Gasteiger partial charge in [0.25, 0.3) is 0 Å². The van der Waals surface area contributed by atoms with Crippen LogP contribution in [-0.2, 0) is 14.3 Å². The highest BCUT2D eigenvalue weighted by atomic mass is 19.3. The van der Waals surface area contributed by atoms with Gasteiger partial charge in [0.15, 0.2) is 5.78 Å². The third-order valence-corrected chi connectivity index (χ3v) is 2.46. The van der Waals surface area contributed by atoms with Crippen LogP contribution in [0, 0.1) is 0 Å². The van der Waals surface area contributed by atoms with Gasteiger partial charge in [-0.05, 0) is 30.7 Å². The molecule has 0 spiro atoms. The highest BCUT2D eigenvalue weighted by Crippen LogP contribution is 2.28. The van der Waals surface area contributed by atoms with Crippen molar-refractivity contribution in [3.63, 3.8) is 0 Å². The minimum absolute atomic E-state index is 0.137. The number of carbonyl (C=O) groups is 2. The molecule has 0 saturated carbocycles. The number of benzene rings is 1. The third-order valence-electron chi connectivity index (χ3n) is 2.46. The maximum absolute atomic E-state index is 12.8. The zero-order valence-corrected chi connectivity index (χ0v) is 11.6. The molecule has 0 atom stereocenters. The fourth-order valence-corrected chi connectivity index (χ4v) is 1.45. The zero-order valence-electron chi connectivity index (χ0n) is 11.6. The van der Waals surface area contributed by atoms with Crippen LogP contribution in [0.5, 0.6) is 5.75 Å². The van der Waals surface area contributed by atoms with Crippen LogP contribution >= 0.6 is 0 Å². The average molecular weight is 320 g/mol. The van der Waals surface area contributed by atoms with Crippen molar-refractivity contribution in [1.82, 2.24) is 0 Å². The summed E-state index contributed by atoms with van der Waals surface area (Å²) in [6.07, 6.45) is -7.55. The van der Waals surface area contributed by atoms with Gasteiger partial charge in [0, 0.05) is 0 Å². The van der Waals surface area contributed by atoms with Crippen molar-refractivity contribution in [2.45, 2.75) is 19.5 Å². The Hall–Kier alpha value is -2.38. The lowest BCUT2D eigenvalue weighted by atomic mass is 10.1. The smallest absolute Gasteiger partial charge is 0.461 e. The van der Waals surface area contributed by atoms with E-state index in [2.05, 4.69) is 9.47 Å². The predicted molar refractivity (Wildman–Crippen MR) is 68.7 cm³/mol. The lowest BCUT2D eigenvalue weighted by Crippen LogP contribution is -2.33. The molecule has 1 rings (SSSR count). The topological polar surface area (TPSA) is 52.6 Å². The summed E-state index contributed by atoms with van der Waals surface area (Å²) >= 11 is 0. The van der Waals surface area contributed by atoms with Crippen molar-refractivity contribution in [2.24, 2.45) is 0 Å². The molecule has 8 heteroatoms. The molecule has 1 aromatic carbocycles. The Balaban J connectivity index is 3.11. The van der Waals surface area contributed by atoms with Gasteiger partial charge in [-0.15, -0.1) is 0 Å². The van der Waals surface area contributed by atoms with Gasteiger partial charge in [-0.2, -0.15) is 17.6 Å². The molecule has 0 bridgehead atoms. The molecule has 0 amide bonds. The van der Waals surface area contributed by atoms with Gasteiger partial charge >= 0.3 is 18.5 Å². The van der Waals surface area contributed by atoms with E-state index < -0.39 is 30.0 Å². The second kappa shape index (κ2) is 7.06. The molecule has 4 nitrogen and oxygen atoms in total. The summed E-state index contributed by atoms with van der Waals surface area (Å²) in [4.78, 5) is 22.7. The summed E-state index contributed by atoms with van der Waals surface area (Å²) in [7, 11) is 1.07. The van der Waals surface area contributed by atoms with Crippen LogP contribution in [0.3, 0.4) is 0 Å². The molecule has 0 radical (unpaired) electrons. The quantitative estimate of drug-likeness (QED) is 0.266. The molecule has 0 aliphatic heterocycles. The van der Waals surface area contributed by atoms with Crippen LogP contribution < -0.4 is 4.74 Å². The molecule has 0 aromatic heterocycles. The summed E-state index contributed by atoms with van der Waals surface area (Å²) in [6, 6.07) is 4.65. The normalized spacial score (nSPS) is 12.2. The number of alkyl halides is 4. The summed E-state index contributed by atoms with van der Waals surface area (Å²) in [5, 5.41) is 0. The molecule has 1 aromatic rings. The minimum atomic E-state index is -4.64. The van der Waals surface area contributed by atoms with Crippen molar-refractivity contribution in [3.05, 3.63) is 35.4 Å². The molecule has 0 heterocycles. The number of hydrogen-bond donors (Lipinski definition) is 0. The standard InChI is InChI=1S/C14H12F4O4/c1-8(19)11(12(20)21-2)7-9-4-3-5-10(6-9)22-14(17,18)13(15)16/h3-7,13H,1-2H3/b11-7-. The maximum atomic E-state index is 12.8. The number of halogens is 4. The van der Waals surface area contributed by atoms with Crippen molar-refractivity contribution >= 4 is 17.8 Å². The average Bonchev–Trinajstić information content (AvgIpc) is 2.43. The Morgan fingerprint density at radius 1 is 1.27 bits per heavy atom. The second-order valence-electron chi connectivity index (χ2n) is 4.14. The number of ketones is 1. The van der Waals surface area contributed by atoms with Crippen LogP contribution in [0.25, 0.3) is 6.08 Å². The van der Waals surface area contributed by atoms with Gasteiger partial charge in [0.2, 0.25) is 0 Å². The molecule has 0 saturated heterocycles. The van der Waals surface area contributed by atoms with E-state index in [0.717, 1.165) is 32.2 Å². The van der Waals surface area contributed by atoms with E-state index in [1.165, 1.54) is 12.1 Å². The number of rotatable bonds is 6. The zero-order chi connectivity index (χ0) is 16.9. The summed E-state index contributed by atoms with van der Waals surface area (Å²) in [5.74, 6) is -2.04. The Morgan fingerprint density at radius 2 is 1.91 bits per heavy atom. The van der Waals surface area contributed by atoms with E-state index >= 15 is 0 Å². The lowest BCUT2D eigenvalue weighted by Gasteiger charge is -2.16. The first-order valence-electron chi connectivity index (χ1n) is 5.93. The summed E-state index contributed by atoms with van der Waals surface area (Å²) < 4.78 is 58.1. The number of carbonyl (C=O) groups excluding carboxylic acids is 2. The third kappa shape index (κ3) is 4.57. The Bertz CT molecular complexity index is 596. The molecule has 0 unspecified atom stereocenters. The van der Waals surface area contributed by atoms with Gasteiger partial charge in [-0.3, -0.25) is 4.79 Å². The Kier molecular flexibility index (Phi) is 5.67. The molecular weight excluding hydrogens is 308 g/mol. The number of esters is 1. The lowest BCUT2D eigenvalue weighted by molar-refractivity contribution is -0.253. The minimum Gasteiger partial charge on any atom is -0.465 e. The summed E-state index contributed by atoms with van der Waals surface area (Å²) in [5.41, 5.74) is -0.182. The van der Waals surface area contributed by atoms with Crippen LogP contribution in [0.15, 0.2) is 29.8 Å². The van der Waals surface area contributed by atoms with E-state index in [1.807, 2.05) is 0 Å². The predicted octanol–water partition coefficient (Wildman–Crippen LogP) is 3.07. The van der Waals surface area contributed by atoms with E-state index in [9.17, 15) is 27.2 Å². The van der Waals surface area contributed by atoms with Crippen LogP contribution in [-0.4, -0.2) is 31.4 Å². The van der Waals surface area contributed by atoms with Gasteiger partial charge in [0.05, 0.1) is 7.11 Å². The Labute approximate surface area is 123 Å². The summed E-state index contributed by atoms with van der Waals surface area (Å²) in [6.45, 7) is 1.12. The van der Waals surface area contributed by atoms with E-state index in [1.54, 1.807) is 0 Å². The highest BCUT2D eigenvalue weighted by Gasteiger charge is 2.43. The SMILES string of the molecule is COC(=O)/C(=C\c1cccc(OC(F)(F)C(F)F)c1)C(C)=O. The van der Waals surface area contributed by atoms with Gasteiger partial charge in [0.1, 0.15) is 11.3 Å². The molecular formula is C14H12F4O4.